The van der Waals surface area contributed by atoms with E-state index in [1.807, 2.05) is 6.92 Å². The summed E-state index contributed by atoms with van der Waals surface area (Å²) in [5.74, 6) is -1.94. The lowest BCUT2D eigenvalue weighted by atomic mass is 9.94. The monoisotopic (exact) mass is 383 g/mol. The van der Waals surface area contributed by atoms with E-state index in [2.05, 4.69) is 10.3 Å². The van der Waals surface area contributed by atoms with E-state index >= 15 is 0 Å². The van der Waals surface area contributed by atoms with E-state index in [1.54, 1.807) is 13.0 Å². The van der Waals surface area contributed by atoms with E-state index in [0.717, 1.165) is 0 Å². The van der Waals surface area contributed by atoms with Gasteiger partial charge in [-0.1, -0.05) is 20.3 Å². The van der Waals surface area contributed by atoms with Crippen LogP contribution in [0.15, 0.2) is 29.4 Å². The van der Waals surface area contributed by atoms with E-state index in [4.69, 9.17) is 0 Å². The molecule has 0 aromatic carbocycles. The van der Waals surface area contributed by atoms with Gasteiger partial charge in [-0.05, 0) is 30.9 Å². The Morgan fingerprint density at radius 2 is 2.04 bits per heavy atom. The van der Waals surface area contributed by atoms with E-state index in [1.165, 1.54) is 22.8 Å². The Kier molecular flexibility index (Phi) is 6.71. The van der Waals surface area contributed by atoms with Crippen LogP contribution < -0.4 is 5.32 Å². The van der Waals surface area contributed by atoms with Crippen molar-refractivity contribution in [2.75, 3.05) is 13.1 Å². The molecule has 1 saturated heterocycles. The molecular formula is C17H25N3O5S. The van der Waals surface area contributed by atoms with Gasteiger partial charge in [-0.25, -0.2) is 13.2 Å². The number of carbonyl (C=O) groups excluding carboxylic acids is 1. The number of aliphatic carboxylic acids is 1. The zero-order valence-corrected chi connectivity index (χ0v) is 15.8. The molecule has 0 radical (unpaired) electrons. The lowest BCUT2D eigenvalue weighted by Gasteiger charge is -2.31. The fourth-order valence-electron chi connectivity index (χ4n) is 2.96. The van der Waals surface area contributed by atoms with Crippen molar-refractivity contribution in [3.63, 3.8) is 0 Å². The van der Waals surface area contributed by atoms with Gasteiger partial charge in [-0.3, -0.25) is 9.78 Å². The van der Waals surface area contributed by atoms with Gasteiger partial charge in [0, 0.05) is 31.4 Å². The fourth-order valence-corrected chi connectivity index (χ4v) is 4.40. The molecule has 1 aromatic rings. The van der Waals surface area contributed by atoms with Crippen molar-refractivity contribution in [3.05, 3.63) is 24.5 Å². The first-order valence-corrected chi connectivity index (χ1v) is 10.1. The zero-order valence-electron chi connectivity index (χ0n) is 15.0. The molecule has 0 bridgehead atoms. The summed E-state index contributed by atoms with van der Waals surface area (Å²) in [6.07, 6.45) is 4.17. The largest absolute Gasteiger partial charge is 0.480 e. The molecule has 1 aliphatic heterocycles. The zero-order chi connectivity index (χ0) is 19.3. The summed E-state index contributed by atoms with van der Waals surface area (Å²) in [5.41, 5.74) is 0. The van der Waals surface area contributed by atoms with Crippen LogP contribution in [-0.2, 0) is 19.6 Å². The number of amides is 1. The maximum absolute atomic E-state index is 12.6. The SMILES string of the molecule is CCC(C)C(NC(=O)C1CCN(S(=O)(=O)c2cccnc2)CC1)C(=O)O. The van der Waals surface area contributed by atoms with Crippen LogP contribution in [0, 0.1) is 11.8 Å². The molecular weight excluding hydrogens is 358 g/mol. The third-order valence-corrected chi connectivity index (χ3v) is 6.76. The van der Waals surface area contributed by atoms with Crippen molar-refractivity contribution in [2.45, 2.75) is 44.0 Å². The maximum atomic E-state index is 12.6. The third kappa shape index (κ3) is 4.59. The van der Waals surface area contributed by atoms with E-state index in [9.17, 15) is 23.1 Å². The number of aromatic nitrogens is 1. The molecule has 1 fully saturated rings. The lowest BCUT2D eigenvalue weighted by Crippen LogP contribution is -2.49. The van der Waals surface area contributed by atoms with Gasteiger partial charge in [-0.15, -0.1) is 0 Å². The Bertz CT molecular complexity index is 730. The highest BCUT2D eigenvalue weighted by molar-refractivity contribution is 7.89. The van der Waals surface area contributed by atoms with Crippen LogP contribution in [0.4, 0.5) is 0 Å². The highest BCUT2D eigenvalue weighted by Crippen LogP contribution is 2.24. The summed E-state index contributed by atoms with van der Waals surface area (Å²) in [7, 11) is -3.62. The number of hydrogen-bond donors (Lipinski definition) is 2. The van der Waals surface area contributed by atoms with Crippen LogP contribution >= 0.6 is 0 Å². The minimum atomic E-state index is -3.62. The van der Waals surface area contributed by atoms with Crippen molar-refractivity contribution in [1.29, 1.82) is 0 Å². The first-order chi connectivity index (χ1) is 12.3. The molecule has 0 saturated carbocycles. The number of nitrogens with zero attached hydrogens (tertiary/aromatic N) is 2. The highest BCUT2D eigenvalue weighted by atomic mass is 32.2. The molecule has 9 heteroatoms. The predicted octanol–water partition coefficient (Wildman–Crippen LogP) is 1.10. The fraction of sp³-hybridized carbons (Fsp3) is 0.588. The van der Waals surface area contributed by atoms with Crippen LogP contribution in [0.2, 0.25) is 0 Å². The number of carbonyl (C=O) groups is 2. The second kappa shape index (κ2) is 8.59. The summed E-state index contributed by atoms with van der Waals surface area (Å²) >= 11 is 0. The molecule has 1 aromatic heterocycles. The smallest absolute Gasteiger partial charge is 0.326 e. The van der Waals surface area contributed by atoms with Gasteiger partial charge in [0.2, 0.25) is 15.9 Å². The number of carboxylic acids is 1. The standard InChI is InChI=1S/C17H25N3O5S/c1-3-12(2)15(17(22)23)19-16(21)13-6-9-20(10-7-13)26(24,25)14-5-4-8-18-11-14/h4-5,8,11-13,15H,3,6-7,9-10H2,1-2H3,(H,19,21)(H,22,23). The summed E-state index contributed by atoms with van der Waals surface area (Å²) in [4.78, 5) is 27.7. The van der Waals surface area contributed by atoms with Crippen LogP contribution in [0.5, 0.6) is 0 Å². The molecule has 144 valence electrons. The average molecular weight is 383 g/mol. The van der Waals surface area contributed by atoms with Crippen molar-refractivity contribution in [3.8, 4) is 0 Å². The topological polar surface area (TPSA) is 117 Å². The Morgan fingerprint density at radius 3 is 2.54 bits per heavy atom. The van der Waals surface area contributed by atoms with Crippen LogP contribution in [0.3, 0.4) is 0 Å². The minimum absolute atomic E-state index is 0.130. The predicted molar refractivity (Wildman–Crippen MR) is 94.7 cm³/mol. The van der Waals surface area contributed by atoms with Crippen molar-refractivity contribution in [1.82, 2.24) is 14.6 Å². The molecule has 1 amide bonds. The molecule has 2 rings (SSSR count). The Morgan fingerprint density at radius 1 is 1.38 bits per heavy atom. The number of nitrogens with one attached hydrogen (secondary N) is 1. The number of carboxylic acid groups (broad SMARTS) is 1. The second-order valence-corrected chi connectivity index (χ2v) is 8.52. The van der Waals surface area contributed by atoms with E-state index in [0.29, 0.717) is 19.3 Å². The first-order valence-electron chi connectivity index (χ1n) is 8.70. The number of piperidine rings is 1. The Balaban J connectivity index is 1.97. The highest BCUT2D eigenvalue weighted by Gasteiger charge is 2.34. The number of hydrogen-bond acceptors (Lipinski definition) is 5. The average Bonchev–Trinajstić information content (AvgIpc) is 2.65. The Labute approximate surface area is 153 Å². The maximum Gasteiger partial charge on any atom is 0.326 e. The van der Waals surface area contributed by atoms with Gasteiger partial charge in [-0.2, -0.15) is 4.31 Å². The van der Waals surface area contributed by atoms with Crippen molar-refractivity contribution < 1.29 is 23.1 Å². The molecule has 2 unspecified atom stereocenters. The molecule has 2 N–H and O–H groups in total. The quantitative estimate of drug-likeness (QED) is 0.728. The molecule has 0 spiro atoms. The summed E-state index contributed by atoms with van der Waals surface area (Å²) in [6.45, 7) is 4.09. The molecule has 0 aliphatic carbocycles. The Hall–Kier alpha value is -2.00. The summed E-state index contributed by atoms with van der Waals surface area (Å²) in [5, 5.41) is 11.9. The van der Waals surface area contributed by atoms with Gasteiger partial charge in [0.15, 0.2) is 0 Å². The molecule has 1 aliphatic rings. The van der Waals surface area contributed by atoms with Crippen LogP contribution in [0.1, 0.15) is 33.1 Å². The normalized spacial score (nSPS) is 18.8. The molecule has 8 nitrogen and oxygen atoms in total. The second-order valence-electron chi connectivity index (χ2n) is 6.58. The van der Waals surface area contributed by atoms with Gasteiger partial charge < -0.3 is 10.4 Å². The summed E-state index contributed by atoms with van der Waals surface area (Å²) < 4.78 is 26.5. The molecule has 2 atom stereocenters. The molecule has 26 heavy (non-hydrogen) atoms. The van der Waals surface area contributed by atoms with E-state index < -0.39 is 22.0 Å². The number of pyridine rings is 1. The van der Waals surface area contributed by atoms with Gasteiger partial charge in [0.05, 0.1) is 0 Å². The summed E-state index contributed by atoms with van der Waals surface area (Å²) in [6, 6.07) is 2.13. The van der Waals surface area contributed by atoms with Gasteiger partial charge >= 0.3 is 5.97 Å². The van der Waals surface area contributed by atoms with Crippen LogP contribution in [0.25, 0.3) is 0 Å². The van der Waals surface area contributed by atoms with E-state index in [-0.39, 0.29) is 35.7 Å². The first kappa shape index (κ1) is 20.3. The molecule has 2 heterocycles. The minimum Gasteiger partial charge on any atom is -0.480 e. The van der Waals surface area contributed by atoms with Crippen molar-refractivity contribution in [2.24, 2.45) is 11.8 Å². The van der Waals surface area contributed by atoms with Gasteiger partial charge in [0.25, 0.3) is 0 Å². The van der Waals surface area contributed by atoms with Crippen LogP contribution in [-0.4, -0.2) is 53.8 Å². The van der Waals surface area contributed by atoms with Crippen molar-refractivity contribution >= 4 is 21.9 Å². The number of sulfonamides is 1. The number of rotatable bonds is 7. The third-order valence-electron chi connectivity index (χ3n) is 4.87. The lowest BCUT2D eigenvalue weighted by molar-refractivity contribution is -0.144. The van der Waals surface area contributed by atoms with Gasteiger partial charge in [0.1, 0.15) is 10.9 Å².